The Bertz CT molecular complexity index is 815. The predicted octanol–water partition coefficient (Wildman–Crippen LogP) is 3.07. The minimum absolute atomic E-state index is 0.0850. The van der Waals surface area contributed by atoms with E-state index in [4.69, 9.17) is 0 Å². The molecule has 132 valence electrons. The maximum absolute atomic E-state index is 13.7. The lowest BCUT2D eigenvalue weighted by molar-refractivity contribution is -0.148. The van der Waals surface area contributed by atoms with E-state index in [2.05, 4.69) is 0 Å². The number of ketones is 2. The Hall–Kier alpha value is -2.04. The van der Waals surface area contributed by atoms with Crippen LogP contribution in [0.3, 0.4) is 0 Å². The minimum atomic E-state index is -1.27. The smallest absolute Gasteiger partial charge is 0.242 e. The van der Waals surface area contributed by atoms with Crippen LogP contribution in [0.4, 0.5) is 10.1 Å². The number of amides is 1. The molecule has 1 aromatic carbocycles. The lowest BCUT2D eigenvalue weighted by atomic mass is 9.67. The van der Waals surface area contributed by atoms with E-state index in [0.29, 0.717) is 31.4 Å². The van der Waals surface area contributed by atoms with Gasteiger partial charge in [-0.2, -0.15) is 0 Å². The summed E-state index contributed by atoms with van der Waals surface area (Å²) in [5.41, 5.74) is -0.486. The van der Waals surface area contributed by atoms with E-state index >= 15 is 0 Å². The molecule has 5 heteroatoms. The van der Waals surface area contributed by atoms with Crippen LogP contribution in [0.25, 0.3) is 0 Å². The Morgan fingerprint density at radius 2 is 1.96 bits per heavy atom. The second kappa shape index (κ2) is 4.99. The number of anilines is 1. The van der Waals surface area contributed by atoms with E-state index in [0.717, 1.165) is 5.56 Å². The van der Waals surface area contributed by atoms with E-state index in [1.54, 1.807) is 11.0 Å². The molecule has 3 atom stereocenters. The number of hydrogen-bond donors (Lipinski definition) is 0. The molecule has 2 saturated carbocycles. The van der Waals surface area contributed by atoms with Crippen molar-refractivity contribution in [3.05, 3.63) is 29.6 Å². The topological polar surface area (TPSA) is 54.5 Å². The summed E-state index contributed by atoms with van der Waals surface area (Å²) in [4.78, 5) is 40.5. The summed E-state index contributed by atoms with van der Waals surface area (Å²) in [6.07, 6.45) is 2.42. The number of carbonyl (C=O) groups excluding carboxylic acids is 3. The first-order valence-electron chi connectivity index (χ1n) is 8.92. The Morgan fingerprint density at radius 3 is 2.60 bits per heavy atom. The van der Waals surface area contributed by atoms with Crippen molar-refractivity contribution in [2.24, 2.45) is 16.7 Å². The molecule has 1 aliphatic heterocycles. The molecule has 2 bridgehead atoms. The number of Topliss-reactive ketones (excluding diaryl/α,β-unsaturated/α-hetero) is 2. The van der Waals surface area contributed by atoms with Crippen LogP contribution >= 0.6 is 0 Å². The highest BCUT2D eigenvalue weighted by atomic mass is 19.1. The molecular weight excluding hydrogens is 321 g/mol. The predicted molar refractivity (Wildman–Crippen MR) is 90.6 cm³/mol. The number of halogens is 1. The van der Waals surface area contributed by atoms with E-state index in [1.165, 1.54) is 12.1 Å². The molecular formula is C20H22FNO3. The van der Waals surface area contributed by atoms with Gasteiger partial charge in [-0.15, -0.1) is 0 Å². The van der Waals surface area contributed by atoms with Crippen molar-refractivity contribution in [3.8, 4) is 0 Å². The van der Waals surface area contributed by atoms with Crippen LogP contribution in [0, 0.1) is 22.6 Å². The molecule has 1 amide bonds. The van der Waals surface area contributed by atoms with Crippen molar-refractivity contribution in [2.75, 3.05) is 4.90 Å². The van der Waals surface area contributed by atoms with E-state index in [9.17, 15) is 18.8 Å². The van der Waals surface area contributed by atoms with Gasteiger partial charge >= 0.3 is 0 Å². The number of carbonyl (C=O) groups is 3. The van der Waals surface area contributed by atoms with Gasteiger partial charge in [0.1, 0.15) is 11.2 Å². The van der Waals surface area contributed by atoms with E-state index < -0.39 is 22.4 Å². The highest BCUT2D eigenvalue weighted by Gasteiger charge is 2.73. The highest BCUT2D eigenvalue weighted by molar-refractivity contribution is 6.48. The molecule has 4 nitrogen and oxygen atoms in total. The van der Waals surface area contributed by atoms with Crippen LogP contribution in [0.2, 0.25) is 0 Å². The maximum Gasteiger partial charge on any atom is 0.242 e. The third-order valence-corrected chi connectivity index (χ3v) is 6.86. The molecule has 25 heavy (non-hydrogen) atoms. The van der Waals surface area contributed by atoms with E-state index in [-0.39, 0.29) is 23.7 Å². The molecule has 2 aliphatic carbocycles. The second-order valence-corrected chi connectivity index (χ2v) is 8.25. The van der Waals surface area contributed by atoms with Crippen molar-refractivity contribution in [3.63, 3.8) is 0 Å². The first kappa shape index (κ1) is 16.4. The molecule has 0 saturated heterocycles. The van der Waals surface area contributed by atoms with Gasteiger partial charge < -0.3 is 4.90 Å². The molecule has 3 unspecified atom stereocenters. The normalized spacial score (nSPS) is 32.9. The largest absolute Gasteiger partial charge is 0.308 e. The average molecular weight is 343 g/mol. The Kier molecular flexibility index (Phi) is 3.28. The Morgan fingerprint density at radius 1 is 1.24 bits per heavy atom. The van der Waals surface area contributed by atoms with Crippen LogP contribution in [0.5, 0.6) is 0 Å². The molecule has 2 fully saturated rings. The molecule has 0 radical (unpaired) electrons. The van der Waals surface area contributed by atoms with Crippen LogP contribution in [-0.4, -0.2) is 23.5 Å². The summed E-state index contributed by atoms with van der Waals surface area (Å²) in [6, 6.07) is 4.34. The summed E-state index contributed by atoms with van der Waals surface area (Å²) in [5.74, 6) is -1.89. The molecule has 4 rings (SSSR count). The number of nitrogens with zero attached hydrogens (tertiary/aromatic N) is 1. The van der Waals surface area contributed by atoms with Gasteiger partial charge in [0.15, 0.2) is 0 Å². The minimum Gasteiger partial charge on any atom is -0.308 e. The van der Waals surface area contributed by atoms with Gasteiger partial charge in [-0.3, -0.25) is 14.4 Å². The number of rotatable bonds is 1. The zero-order valence-electron chi connectivity index (χ0n) is 14.8. The first-order chi connectivity index (χ1) is 11.7. The van der Waals surface area contributed by atoms with Crippen molar-refractivity contribution in [1.82, 2.24) is 0 Å². The van der Waals surface area contributed by atoms with Gasteiger partial charge in [0.05, 0.1) is 0 Å². The van der Waals surface area contributed by atoms with Crippen LogP contribution in [0.15, 0.2) is 18.2 Å². The Labute approximate surface area is 146 Å². The van der Waals surface area contributed by atoms with Gasteiger partial charge in [-0.05, 0) is 61.8 Å². The fourth-order valence-corrected chi connectivity index (χ4v) is 5.29. The van der Waals surface area contributed by atoms with Gasteiger partial charge in [0.25, 0.3) is 0 Å². The maximum atomic E-state index is 13.7. The molecule has 3 aliphatic rings. The molecule has 0 aromatic heterocycles. The van der Waals surface area contributed by atoms with Gasteiger partial charge in [-0.1, -0.05) is 13.8 Å². The standard InChI is InChI=1S/C20H22FNO3/c1-11-4-5-12-10-13(21)6-7-15(12)22(11)18(25)20-9-8-14(19(20,2)3)16(23)17(20)24/h6-7,10-11,14H,4-5,8-9H2,1-3H3. The number of hydrogen-bond acceptors (Lipinski definition) is 3. The summed E-state index contributed by atoms with van der Waals surface area (Å²) in [7, 11) is 0. The second-order valence-electron chi connectivity index (χ2n) is 8.25. The first-order valence-corrected chi connectivity index (χ1v) is 8.92. The molecule has 0 spiro atoms. The molecule has 1 heterocycles. The summed E-state index contributed by atoms with van der Waals surface area (Å²) in [5, 5.41) is 0. The van der Waals surface area contributed by atoms with Crippen molar-refractivity contribution < 1.29 is 18.8 Å². The van der Waals surface area contributed by atoms with Gasteiger partial charge in [0, 0.05) is 17.6 Å². The van der Waals surface area contributed by atoms with Gasteiger partial charge in [-0.25, -0.2) is 4.39 Å². The number of fused-ring (bicyclic) bond motifs is 3. The lowest BCUT2D eigenvalue weighted by Gasteiger charge is -2.43. The third kappa shape index (κ3) is 1.84. The summed E-state index contributed by atoms with van der Waals surface area (Å²) < 4.78 is 13.6. The van der Waals surface area contributed by atoms with Crippen LogP contribution in [0.1, 0.15) is 45.6 Å². The molecule has 1 aromatic rings. The quantitative estimate of drug-likeness (QED) is 0.582. The molecule has 0 N–H and O–H groups in total. The van der Waals surface area contributed by atoms with Crippen molar-refractivity contribution >= 4 is 23.2 Å². The average Bonchev–Trinajstić information content (AvgIpc) is 2.91. The van der Waals surface area contributed by atoms with Gasteiger partial charge in [0.2, 0.25) is 17.5 Å². The SMILES string of the molecule is CC1CCc2cc(F)ccc2N1C(=O)C12CCC(C(=O)C1=O)C2(C)C. The fraction of sp³-hybridized carbons (Fsp3) is 0.550. The highest BCUT2D eigenvalue weighted by Crippen LogP contribution is 2.63. The number of benzene rings is 1. The van der Waals surface area contributed by atoms with Crippen LogP contribution < -0.4 is 4.90 Å². The monoisotopic (exact) mass is 343 g/mol. The number of aryl methyl sites for hydroxylation is 1. The van der Waals surface area contributed by atoms with E-state index in [1.807, 2.05) is 20.8 Å². The van der Waals surface area contributed by atoms with Crippen LogP contribution in [-0.2, 0) is 20.8 Å². The fourth-order valence-electron chi connectivity index (χ4n) is 5.29. The lowest BCUT2D eigenvalue weighted by Crippen LogP contribution is -2.55. The zero-order chi connectivity index (χ0) is 18.1. The zero-order valence-corrected chi connectivity index (χ0v) is 14.8. The summed E-state index contributed by atoms with van der Waals surface area (Å²) in [6.45, 7) is 5.68. The summed E-state index contributed by atoms with van der Waals surface area (Å²) >= 11 is 0. The Balaban J connectivity index is 1.84. The third-order valence-electron chi connectivity index (χ3n) is 6.86. The van der Waals surface area contributed by atoms with Crippen molar-refractivity contribution in [1.29, 1.82) is 0 Å². The van der Waals surface area contributed by atoms with Crippen molar-refractivity contribution in [2.45, 2.75) is 52.5 Å².